The van der Waals surface area contributed by atoms with E-state index < -0.39 is 0 Å². The minimum Gasteiger partial charge on any atom is -0.0710 e. The fraction of sp³-hybridized carbons (Fsp3) is 0.345. The van der Waals surface area contributed by atoms with E-state index in [0.717, 1.165) is 0 Å². The molecule has 0 radical (unpaired) electrons. The molecule has 0 N–H and O–H groups in total. The summed E-state index contributed by atoms with van der Waals surface area (Å²) in [4.78, 5) is 0. The number of benzene rings is 3. The first-order valence-corrected chi connectivity index (χ1v) is 11.8. The second kappa shape index (κ2) is 8.52. The van der Waals surface area contributed by atoms with Crippen molar-refractivity contribution in [3.8, 4) is 22.3 Å². The van der Waals surface area contributed by atoms with Crippen molar-refractivity contribution in [3.63, 3.8) is 0 Å². The molecular weight excluding hydrogens is 379 g/mol. The summed E-state index contributed by atoms with van der Waals surface area (Å²) in [6.07, 6.45) is 0. The third-order valence-corrected chi connectivity index (χ3v) is 7.15. The molecule has 0 aromatic heterocycles. The van der Waals surface area contributed by atoms with Crippen molar-refractivity contribution >= 4 is 19.3 Å². The Hall–Kier alpha value is -2.17. The molecule has 0 bridgehead atoms. The fourth-order valence-corrected chi connectivity index (χ4v) is 5.72. The van der Waals surface area contributed by atoms with Crippen molar-refractivity contribution in [2.75, 3.05) is 0 Å². The molecule has 0 aliphatic rings. The maximum absolute atomic E-state index is 2.44. The van der Waals surface area contributed by atoms with Crippen LogP contribution in [0, 0.1) is 47.0 Å². The third-order valence-electron chi connectivity index (χ3n) is 5.51. The lowest BCUT2D eigenvalue weighted by molar-refractivity contribution is 0.615. The quantitative estimate of drug-likeness (QED) is 0.378. The van der Waals surface area contributed by atoms with Gasteiger partial charge in [0.15, 0.2) is 0 Å². The summed E-state index contributed by atoms with van der Waals surface area (Å²) in [6.45, 7) is 20.2. The zero-order valence-electron chi connectivity index (χ0n) is 20.1. The summed E-state index contributed by atoms with van der Waals surface area (Å²) in [5, 5.41) is 1.41. The van der Waals surface area contributed by atoms with Gasteiger partial charge >= 0.3 is 0 Å². The van der Waals surface area contributed by atoms with Crippen LogP contribution in [0.25, 0.3) is 22.3 Å². The Morgan fingerprint density at radius 2 is 1.00 bits per heavy atom. The molecule has 3 aromatic carbocycles. The molecule has 0 fully saturated rings. The van der Waals surface area contributed by atoms with Crippen molar-refractivity contribution in [3.05, 3.63) is 75.8 Å². The van der Waals surface area contributed by atoms with Gasteiger partial charge in [0.2, 0.25) is 0 Å². The van der Waals surface area contributed by atoms with E-state index in [0.29, 0.717) is 0 Å². The van der Waals surface area contributed by atoms with Crippen LogP contribution in [-0.4, -0.2) is 5.80 Å². The van der Waals surface area contributed by atoms with Crippen molar-refractivity contribution < 1.29 is 0 Å². The Morgan fingerprint density at radius 3 is 1.33 bits per heavy atom. The summed E-state index contributed by atoms with van der Waals surface area (Å²) in [7, 11) is 1.27. The van der Waals surface area contributed by atoms with E-state index in [2.05, 4.69) is 111 Å². The van der Waals surface area contributed by atoms with E-state index in [-0.39, 0.29) is 5.41 Å². The summed E-state index contributed by atoms with van der Waals surface area (Å²) in [5.41, 5.74) is 13.7. The van der Waals surface area contributed by atoms with Crippen molar-refractivity contribution in [1.29, 1.82) is 0 Å². The molecule has 156 valence electrons. The second-order valence-electron chi connectivity index (χ2n) is 9.87. The number of hydrogen-bond acceptors (Lipinski definition) is 0. The largest absolute Gasteiger partial charge is 0.0710 e. The van der Waals surface area contributed by atoms with Crippen LogP contribution in [0.1, 0.15) is 54.2 Å². The highest BCUT2D eigenvalue weighted by Gasteiger charge is 2.17. The van der Waals surface area contributed by atoms with Crippen molar-refractivity contribution in [1.82, 2.24) is 0 Å². The minimum absolute atomic E-state index is 0.167. The minimum atomic E-state index is 0.167. The Morgan fingerprint density at radius 1 is 0.633 bits per heavy atom. The summed E-state index contributed by atoms with van der Waals surface area (Å²) in [6, 6.07) is 16.1. The van der Waals surface area contributed by atoms with Crippen LogP contribution in [0.15, 0.2) is 42.5 Å². The molecule has 30 heavy (non-hydrogen) atoms. The van der Waals surface area contributed by atoms with E-state index in [4.69, 9.17) is 0 Å². The van der Waals surface area contributed by atoms with Gasteiger partial charge in [-0.1, -0.05) is 88.4 Å². The molecule has 0 nitrogen and oxygen atoms in total. The van der Waals surface area contributed by atoms with Crippen LogP contribution in [0.2, 0.25) is 0 Å². The molecule has 0 saturated carbocycles. The highest BCUT2D eigenvalue weighted by molar-refractivity contribution is 7.48. The molecular formula is C29H35P. The van der Waals surface area contributed by atoms with E-state index in [9.17, 15) is 0 Å². The summed E-state index contributed by atoms with van der Waals surface area (Å²) >= 11 is 0. The summed E-state index contributed by atoms with van der Waals surface area (Å²) < 4.78 is 0. The summed E-state index contributed by atoms with van der Waals surface area (Å²) in [5.74, 6) is 2.44. The Labute approximate surface area is 185 Å². The number of aryl methyl sites for hydroxylation is 6. The van der Waals surface area contributed by atoms with Crippen LogP contribution in [0.4, 0.5) is 0 Å². The molecule has 1 heteroatoms. The topological polar surface area (TPSA) is 0 Å². The Bertz CT molecular complexity index is 1000. The average molecular weight is 415 g/mol. The maximum atomic E-state index is 2.44. The molecule has 0 heterocycles. The van der Waals surface area contributed by atoms with Crippen LogP contribution < -0.4 is 5.30 Å². The first-order chi connectivity index (χ1) is 14.0. The Kier molecular flexibility index (Phi) is 6.40. The van der Waals surface area contributed by atoms with Gasteiger partial charge in [-0.3, -0.25) is 0 Å². The van der Waals surface area contributed by atoms with E-state index in [1.54, 1.807) is 0 Å². The third kappa shape index (κ3) is 4.76. The zero-order valence-corrected chi connectivity index (χ0v) is 21.0. The molecule has 0 amide bonds. The highest BCUT2D eigenvalue weighted by atomic mass is 31.1. The first kappa shape index (κ1) is 22.5. The molecule has 3 aromatic rings. The normalized spacial score (nSPS) is 12.0. The van der Waals surface area contributed by atoms with Gasteiger partial charge in [0.05, 0.1) is 0 Å². The van der Waals surface area contributed by atoms with E-state index >= 15 is 0 Å². The lowest BCUT2D eigenvalue weighted by atomic mass is 9.89. The molecule has 0 saturated heterocycles. The average Bonchev–Trinajstić information content (AvgIpc) is 2.58. The standard InChI is InChI=1S/C29H35P/c1-18-13-20(3)26(21(4)14-18)24-11-10-12-25(28(24)30-17-29(7,8)9)27-22(5)15-19(2)16-23(27)6/h10-17H,1-9H3. The maximum Gasteiger partial charge on any atom is 0.0172 e. The predicted octanol–water partition coefficient (Wildman–Crippen LogP) is 8.29. The van der Waals surface area contributed by atoms with Crippen LogP contribution in [0.5, 0.6) is 0 Å². The first-order valence-electron chi connectivity index (χ1n) is 10.8. The zero-order chi connectivity index (χ0) is 22.2. The van der Waals surface area contributed by atoms with Gasteiger partial charge in [-0.15, -0.1) is 0 Å². The highest BCUT2D eigenvalue weighted by Crippen LogP contribution is 2.35. The smallest absolute Gasteiger partial charge is 0.0172 e. The van der Waals surface area contributed by atoms with Gasteiger partial charge < -0.3 is 0 Å². The second-order valence-corrected chi connectivity index (χ2v) is 10.8. The SMILES string of the molecule is Cc1cc(C)c(-c2cccc(-c3c(C)cc(C)cc3C)c2P=CC(C)(C)C)c(C)c1. The van der Waals surface area contributed by atoms with Gasteiger partial charge in [0.1, 0.15) is 0 Å². The van der Waals surface area contributed by atoms with Gasteiger partial charge in [-0.2, -0.15) is 0 Å². The van der Waals surface area contributed by atoms with E-state index in [1.807, 2.05) is 0 Å². The number of rotatable bonds is 3. The molecule has 3 rings (SSSR count). The number of hydrogen-bond donors (Lipinski definition) is 0. The lowest BCUT2D eigenvalue weighted by Crippen LogP contribution is -2.10. The van der Waals surface area contributed by atoms with Crippen LogP contribution in [-0.2, 0) is 0 Å². The van der Waals surface area contributed by atoms with Gasteiger partial charge in [0, 0.05) is 5.30 Å². The molecule has 0 atom stereocenters. The lowest BCUT2D eigenvalue weighted by Gasteiger charge is -2.20. The van der Waals surface area contributed by atoms with Crippen molar-refractivity contribution in [2.24, 2.45) is 5.41 Å². The fourth-order valence-electron chi connectivity index (χ4n) is 4.55. The predicted molar refractivity (Wildman–Crippen MR) is 138 cm³/mol. The molecule has 0 aliphatic heterocycles. The van der Waals surface area contributed by atoms with Gasteiger partial charge in [-0.05, 0) is 91.5 Å². The Balaban J connectivity index is 2.39. The van der Waals surface area contributed by atoms with Crippen molar-refractivity contribution in [2.45, 2.75) is 62.3 Å². The van der Waals surface area contributed by atoms with E-state index in [1.165, 1.54) is 69.1 Å². The van der Waals surface area contributed by atoms with Gasteiger partial charge in [-0.25, -0.2) is 0 Å². The molecule has 0 unspecified atom stereocenters. The van der Waals surface area contributed by atoms with Gasteiger partial charge in [0.25, 0.3) is 0 Å². The molecule has 0 aliphatic carbocycles. The van der Waals surface area contributed by atoms with Crippen LogP contribution in [0.3, 0.4) is 0 Å². The van der Waals surface area contributed by atoms with Crippen LogP contribution >= 0.6 is 8.20 Å². The monoisotopic (exact) mass is 414 g/mol. The molecule has 0 spiro atoms.